The van der Waals surface area contributed by atoms with E-state index in [1.54, 1.807) is 0 Å². The van der Waals surface area contributed by atoms with E-state index in [1.807, 2.05) is 0 Å². The molecular weight excluding hydrogens is 176 g/mol. The zero-order valence-electron chi connectivity index (χ0n) is 8.93. The lowest BCUT2D eigenvalue weighted by Crippen LogP contribution is -2.13. The fourth-order valence-corrected chi connectivity index (χ4v) is 1.85. The van der Waals surface area contributed by atoms with Gasteiger partial charge in [-0.2, -0.15) is 0 Å². The molecule has 1 aliphatic carbocycles. The molecular formula is C11H18N2O. The third-order valence-electron chi connectivity index (χ3n) is 3.13. The Labute approximate surface area is 84.6 Å². The van der Waals surface area contributed by atoms with Crippen LogP contribution in [0.1, 0.15) is 43.4 Å². The topological polar surface area (TPSA) is 48.9 Å². The minimum Gasteiger partial charge on any atom is -0.395 e. The van der Waals surface area contributed by atoms with Gasteiger partial charge in [-0.05, 0) is 26.2 Å². The first kappa shape index (κ1) is 9.71. The van der Waals surface area contributed by atoms with Gasteiger partial charge in [-0.3, -0.25) is 0 Å². The number of aryl methyl sites for hydroxylation is 2. The minimum absolute atomic E-state index is 0.0171. The molecule has 0 amide bonds. The van der Waals surface area contributed by atoms with Gasteiger partial charge in [-0.1, -0.05) is 13.3 Å². The van der Waals surface area contributed by atoms with E-state index in [4.69, 9.17) is 0 Å². The molecule has 1 aromatic heterocycles. The molecule has 1 saturated carbocycles. The Kier molecular flexibility index (Phi) is 2.35. The summed E-state index contributed by atoms with van der Waals surface area (Å²) in [7, 11) is 0. The Bertz CT molecular complexity index is 326. The summed E-state index contributed by atoms with van der Waals surface area (Å²) in [5.41, 5.74) is 2.32. The molecule has 0 radical (unpaired) electrons. The summed E-state index contributed by atoms with van der Waals surface area (Å²) in [5, 5.41) is 9.28. The highest BCUT2D eigenvalue weighted by Crippen LogP contribution is 2.46. The lowest BCUT2D eigenvalue weighted by molar-refractivity contribution is 0.250. The molecule has 3 heteroatoms. The van der Waals surface area contributed by atoms with Crippen LogP contribution in [-0.2, 0) is 11.8 Å². The maximum atomic E-state index is 9.28. The number of hydrogen-bond donors (Lipinski definition) is 2. The molecule has 14 heavy (non-hydrogen) atoms. The Balaban J connectivity index is 2.24. The number of aliphatic hydroxyl groups excluding tert-OH is 1. The monoisotopic (exact) mass is 194 g/mol. The standard InChI is InChI=1S/C11H18N2O/c1-3-4-9-8(2)12-10(13-9)11(7-14)5-6-11/h14H,3-7H2,1-2H3,(H,12,13). The number of rotatable bonds is 4. The van der Waals surface area contributed by atoms with Crippen LogP contribution in [0.4, 0.5) is 0 Å². The van der Waals surface area contributed by atoms with Crippen LogP contribution in [0, 0.1) is 6.92 Å². The second kappa shape index (κ2) is 3.39. The molecule has 0 atom stereocenters. The average molecular weight is 194 g/mol. The lowest BCUT2D eigenvalue weighted by atomic mass is 10.1. The van der Waals surface area contributed by atoms with Crippen molar-refractivity contribution in [2.24, 2.45) is 0 Å². The molecule has 3 nitrogen and oxygen atoms in total. The Morgan fingerprint density at radius 2 is 2.21 bits per heavy atom. The SMILES string of the molecule is CCCc1nc(C2(CO)CC2)[nH]c1C. The first-order valence-corrected chi connectivity index (χ1v) is 5.38. The van der Waals surface area contributed by atoms with Crippen molar-refractivity contribution in [1.82, 2.24) is 9.97 Å². The van der Waals surface area contributed by atoms with Gasteiger partial charge in [0.15, 0.2) is 0 Å². The fraction of sp³-hybridized carbons (Fsp3) is 0.727. The summed E-state index contributed by atoms with van der Waals surface area (Å²) in [4.78, 5) is 7.90. The molecule has 1 aliphatic rings. The summed E-state index contributed by atoms with van der Waals surface area (Å²) >= 11 is 0. The summed E-state index contributed by atoms with van der Waals surface area (Å²) < 4.78 is 0. The highest BCUT2D eigenvalue weighted by atomic mass is 16.3. The van der Waals surface area contributed by atoms with Crippen LogP contribution < -0.4 is 0 Å². The Hall–Kier alpha value is -0.830. The summed E-state index contributed by atoms with van der Waals surface area (Å²) in [6.45, 7) is 4.45. The van der Waals surface area contributed by atoms with Crippen molar-refractivity contribution >= 4 is 0 Å². The normalized spacial score (nSPS) is 18.5. The van der Waals surface area contributed by atoms with Crippen molar-refractivity contribution in [3.05, 3.63) is 17.2 Å². The van der Waals surface area contributed by atoms with Gasteiger partial charge in [0.25, 0.3) is 0 Å². The molecule has 1 aromatic rings. The van der Waals surface area contributed by atoms with Crippen molar-refractivity contribution < 1.29 is 5.11 Å². The maximum Gasteiger partial charge on any atom is 0.115 e. The number of H-pyrrole nitrogens is 1. The molecule has 0 bridgehead atoms. The van der Waals surface area contributed by atoms with E-state index in [1.165, 1.54) is 11.4 Å². The predicted octanol–water partition coefficient (Wildman–Crippen LogP) is 1.69. The zero-order chi connectivity index (χ0) is 10.2. The molecule has 2 rings (SSSR count). The average Bonchev–Trinajstić information content (AvgIpc) is 2.89. The number of hydrogen-bond acceptors (Lipinski definition) is 2. The molecule has 0 unspecified atom stereocenters. The lowest BCUT2D eigenvalue weighted by Gasteiger charge is -2.06. The van der Waals surface area contributed by atoms with Crippen LogP contribution in [0.15, 0.2) is 0 Å². The second-order valence-corrected chi connectivity index (χ2v) is 4.35. The molecule has 0 saturated heterocycles. The van der Waals surface area contributed by atoms with Gasteiger partial charge < -0.3 is 10.1 Å². The molecule has 1 heterocycles. The maximum absolute atomic E-state index is 9.28. The van der Waals surface area contributed by atoms with Crippen molar-refractivity contribution in [2.45, 2.75) is 44.9 Å². The number of aliphatic hydroxyl groups is 1. The van der Waals surface area contributed by atoms with Crippen LogP contribution in [0.5, 0.6) is 0 Å². The highest BCUT2D eigenvalue weighted by molar-refractivity contribution is 5.24. The quantitative estimate of drug-likeness (QED) is 0.766. The van der Waals surface area contributed by atoms with Crippen molar-refractivity contribution in [1.29, 1.82) is 0 Å². The van der Waals surface area contributed by atoms with Gasteiger partial charge in [0.1, 0.15) is 5.82 Å². The van der Waals surface area contributed by atoms with Crippen LogP contribution in [0.25, 0.3) is 0 Å². The molecule has 0 aliphatic heterocycles. The predicted molar refractivity (Wildman–Crippen MR) is 55.3 cm³/mol. The Morgan fingerprint density at radius 1 is 1.50 bits per heavy atom. The molecule has 1 fully saturated rings. The molecule has 78 valence electrons. The third-order valence-corrected chi connectivity index (χ3v) is 3.13. The summed E-state index contributed by atoms with van der Waals surface area (Å²) in [5.74, 6) is 1.00. The van der Waals surface area contributed by atoms with E-state index in [0.29, 0.717) is 0 Å². The summed E-state index contributed by atoms with van der Waals surface area (Å²) in [6.07, 6.45) is 4.30. The smallest absolute Gasteiger partial charge is 0.115 e. The third kappa shape index (κ3) is 1.46. The van der Waals surface area contributed by atoms with E-state index in [-0.39, 0.29) is 12.0 Å². The van der Waals surface area contributed by atoms with E-state index in [0.717, 1.165) is 31.5 Å². The number of nitrogens with zero attached hydrogens (tertiary/aromatic N) is 1. The first-order chi connectivity index (χ1) is 6.72. The van der Waals surface area contributed by atoms with Crippen molar-refractivity contribution in [2.75, 3.05) is 6.61 Å². The fourth-order valence-electron chi connectivity index (χ4n) is 1.85. The van der Waals surface area contributed by atoms with Crippen LogP contribution >= 0.6 is 0 Å². The number of nitrogens with one attached hydrogen (secondary N) is 1. The number of imidazole rings is 1. The van der Waals surface area contributed by atoms with E-state index < -0.39 is 0 Å². The number of aromatic nitrogens is 2. The van der Waals surface area contributed by atoms with Crippen LogP contribution in [-0.4, -0.2) is 21.7 Å². The minimum atomic E-state index is -0.0171. The van der Waals surface area contributed by atoms with Gasteiger partial charge in [-0.15, -0.1) is 0 Å². The van der Waals surface area contributed by atoms with Crippen LogP contribution in [0.2, 0.25) is 0 Å². The van der Waals surface area contributed by atoms with Gasteiger partial charge in [0.2, 0.25) is 0 Å². The first-order valence-electron chi connectivity index (χ1n) is 5.38. The summed E-state index contributed by atoms with van der Waals surface area (Å²) in [6, 6.07) is 0. The van der Waals surface area contributed by atoms with Crippen LogP contribution in [0.3, 0.4) is 0 Å². The molecule has 2 N–H and O–H groups in total. The Morgan fingerprint density at radius 3 is 2.71 bits per heavy atom. The van der Waals surface area contributed by atoms with Gasteiger partial charge in [0, 0.05) is 5.69 Å². The molecule has 0 aromatic carbocycles. The zero-order valence-corrected chi connectivity index (χ0v) is 8.93. The number of aromatic amines is 1. The van der Waals surface area contributed by atoms with Gasteiger partial charge >= 0.3 is 0 Å². The van der Waals surface area contributed by atoms with Crippen molar-refractivity contribution in [3.63, 3.8) is 0 Å². The second-order valence-electron chi connectivity index (χ2n) is 4.35. The van der Waals surface area contributed by atoms with Gasteiger partial charge in [0.05, 0.1) is 17.7 Å². The highest BCUT2D eigenvalue weighted by Gasteiger charge is 2.46. The van der Waals surface area contributed by atoms with E-state index in [9.17, 15) is 5.11 Å². The largest absolute Gasteiger partial charge is 0.395 e. The van der Waals surface area contributed by atoms with Crippen molar-refractivity contribution in [3.8, 4) is 0 Å². The van der Waals surface area contributed by atoms with Gasteiger partial charge in [-0.25, -0.2) is 4.98 Å². The van der Waals surface area contributed by atoms with E-state index >= 15 is 0 Å². The molecule has 0 spiro atoms. The van der Waals surface area contributed by atoms with E-state index in [2.05, 4.69) is 23.8 Å².